The largest absolute Gasteiger partial charge is 0.361 e. The molecule has 2 amide bonds. The maximum atomic E-state index is 12.9. The Morgan fingerprint density at radius 2 is 1.81 bits per heavy atom. The molecule has 2 N–H and O–H groups in total. The Hall–Kier alpha value is -3.67. The summed E-state index contributed by atoms with van der Waals surface area (Å²) in [5.74, 6) is -0.0877. The number of carbonyl (C=O) groups is 2. The van der Waals surface area contributed by atoms with Gasteiger partial charge in [-0.2, -0.15) is 0 Å². The van der Waals surface area contributed by atoms with Crippen LogP contribution in [0.5, 0.6) is 0 Å². The molecule has 2 aromatic carbocycles. The van der Waals surface area contributed by atoms with E-state index in [1.165, 1.54) is 0 Å². The maximum Gasteiger partial charge on any atom is 0.256 e. The van der Waals surface area contributed by atoms with Crippen LogP contribution in [-0.2, 0) is 6.54 Å². The fraction of sp³-hybridized carbons (Fsp3) is 0.240. The second kappa shape index (κ2) is 9.43. The van der Waals surface area contributed by atoms with Crippen molar-refractivity contribution in [3.8, 4) is 0 Å². The maximum absolute atomic E-state index is 12.9. The van der Waals surface area contributed by atoms with Crippen LogP contribution in [0.15, 0.2) is 72.9 Å². The number of anilines is 1. The van der Waals surface area contributed by atoms with E-state index in [1.54, 1.807) is 18.3 Å². The van der Waals surface area contributed by atoms with Crippen molar-refractivity contribution < 1.29 is 9.59 Å². The van der Waals surface area contributed by atoms with Gasteiger partial charge in [0.25, 0.3) is 11.8 Å². The number of fused-ring (bicyclic) bond motifs is 1. The molecule has 31 heavy (non-hydrogen) atoms. The Morgan fingerprint density at radius 3 is 2.55 bits per heavy atom. The molecular formula is C25H26N4O2. The zero-order valence-corrected chi connectivity index (χ0v) is 17.5. The third kappa shape index (κ3) is 4.58. The number of rotatable bonds is 8. The smallest absolute Gasteiger partial charge is 0.256 e. The van der Waals surface area contributed by atoms with Crippen molar-refractivity contribution in [2.24, 2.45) is 0 Å². The number of carbonyl (C=O) groups excluding carboxylic acids is 2. The highest BCUT2D eigenvalue weighted by Gasteiger charge is 2.35. The first-order valence-corrected chi connectivity index (χ1v) is 10.6. The molecule has 0 aliphatic carbocycles. The summed E-state index contributed by atoms with van der Waals surface area (Å²) in [5.41, 5.74) is 3.98. The Bertz CT molecular complexity index is 1050. The lowest BCUT2D eigenvalue weighted by Gasteiger charge is -2.27. The van der Waals surface area contributed by atoms with E-state index in [2.05, 4.69) is 22.5 Å². The third-order valence-electron chi connectivity index (χ3n) is 5.42. The van der Waals surface area contributed by atoms with E-state index in [1.807, 2.05) is 59.5 Å². The van der Waals surface area contributed by atoms with E-state index in [0.717, 1.165) is 35.3 Å². The minimum atomic E-state index is -0.209. The average Bonchev–Trinajstić information content (AvgIpc) is 3.08. The van der Waals surface area contributed by atoms with Crippen LogP contribution in [0.1, 0.15) is 57.9 Å². The molecule has 0 saturated carbocycles. The van der Waals surface area contributed by atoms with Crippen molar-refractivity contribution in [1.29, 1.82) is 0 Å². The normalized spacial score (nSPS) is 14.9. The zero-order valence-electron chi connectivity index (χ0n) is 17.5. The van der Waals surface area contributed by atoms with Crippen LogP contribution in [0.4, 0.5) is 5.69 Å². The predicted molar refractivity (Wildman–Crippen MR) is 121 cm³/mol. The summed E-state index contributed by atoms with van der Waals surface area (Å²) >= 11 is 0. The summed E-state index contributed by atoms with van der Waals surface area (Å²) in [6.07, 6.45) is 3.47. The second-order valence-corrected chi connectivity index (χ2v) is 7.57. The standard InChI is InChI=1S/C25H26N4O2/c1-2-3-16-29-23(21-9-4-5-10-22(21)25(29)31)28-19-13-11-18(12-14-19)24(30)27-17-20-8-6-7-15-26-20/h4-15,23,28H,2-3,16-17H2,1H3,(H,27,30). The molecule has 0 fully saturated rings. The van der Waals surface area contributed by atoms with Crippen LogP contribution >= 0.6 is 0 Å². The van der Waals surface area contributed by atoms with Crippen LogP contribution in [0.25, 0.3) is 0 Å². The van der Waals surface area contributed by atoms with E-state index in [4.69, 9.17) is 0 Å². The molecule has 0 saturated heterocycles. The first-order valence-electron chi connectivity index (χ1n) is 10.6. The number of aromatic nitrogens is 1. The Labute approximate surface area is 182 Å². The average molecular weight is 415 g/mol. The number of amides is 2. The number of nitrogens with zero attached hydrogens (tertiary/aromatic N) is 2. The van der Waals surface area contributed by atoms with Gasteiger partial charge in [-0.05, 0) is 48.9 Å². The lowest BCUT2D eigenvalue weighted by Crippen LogP contribution is -2.33. The zero-order chi connectivity index (χ0) is 21.6. The van der Waals surface area contributed by atoms with E-state index < -0.39 is 0 Å². The molecule has 6 nitrogen and oxygen atoms in total. The number of pyridine rings is 1. The van der Waals surface area contributed by atoms with Crippen LogP contribution in [0.3, 0.4) is 0 Å². The lowest BCUT2D eigenvalue weighted by atomic mass is 10.1. The first-order chi connectivity index (χ1) is 15.2. The van der Waals surface area contributed by atoms with E-state index >= 15 is 0 Å². The van der Waals surface area contributed by atoms with Crippen molar-refractivity contribution in [1.82, 2.24) is 15.2 Å². The summed E-state index contributed by atoms with van der Waals surface area (Å²) in [6.45, 7) is 3.20. The van der Waals surface area contributed by atoms with Gasteiger partial charge in [0.15, 0.2) is 0 Å². The molecule has 6 heteroatoms. The monoisotopic (exact) mass is 414 g/mol. The van der Waals surface area contributed by atoms with Gasteiger partial charge in [0.1, 0.15) is 6.17 Å². The second-order valence-electron chi connectivity index (χ2n) is 7.57. The number of unbranched alkanes of at least 4 members (excludes halogenated alkanes) is 1. The van der Waals surface area contributed by atoms with Gasteiger partial charge in [-0.25, -0.2) is 0 Å². The van der Waals surface area contributed by atoms with E-state index in [9.17, 15) is 9.59 Å². The van der Waals surface area contributed by atoms with Crippen molar-refractivity contribution >= 4 is 17.5 Å². The van der Waals surface area contributed by atoms with Gasteiger partial charge in [0.05, 0.1) is 12.2 Å². The van der Waals surface area contributed by atoms with Gasteiger partial charge in [-0.15, -0.1) is 0 Å². The molecule has 1 atom stereocenters. The quantitative estimate of drug-likeness (QED) is 0.574. The van der Waals surface area contributed by atoms with Crippen LogP contribution in [0, 0.1) is 0 Å². The summed E-state index contributed by atoms with van der Waals surface area (Å²) in [5, 5.41) is 6.36. The molecule has 0 radical (unpaired) electrons. The molecule has 3 aromatic rings. The highest BCUT2D eigenvalue weighted by molar-refractivity contribution is 5.99. The van der Waals surface area contributed by atoms with Crippen molar-refractivity contribution in [2.45, 2.75) is 32.5 Å². The summed E-state index contributed by atoms with van der Waals surface area (Å²) in [6, 6.07) is 20.7. The van der Waals surface area contributed by atoms with Crippen molar-refractivity contribution in [3.63, 3.8) is 0 Å². The van der Waals surface area contributed by atoms with E-state index in [0.29, 0.717) is 18.7 Å². The molecule has 1 unspecified atom stereocenters. The highest BCUT2D eigenvalue weighted by atomic mass is 16.2. The van der Waals surface area contributed by atoms with E-state index in [-0.39, 0.29) is 18.0 Å². The summed E-state index contributed by atoms with van der Waals surface area (Å²) in [4.78, 5) is 31.4. The molecule has 0 bridgehead atoms. The Morgan fingerprint density at radius 1 is 1.03 bits per heavy atom. The molecule has 158 valence electrons. The number of benzene rings is 2. The van der Waals surface area contributed by atoms with Crippen molar-refractivity contribution in [2.75, 3.05) is 11.9 Å². The Kier molecular flexibility index (Phi) is 6.26. The molecule has 4 rings (SSSR count). The van der Waals surface area contributed by atoms with Crippen molar-refractivity contribution in [3.05, 3.63) is 95.3 Å². The van der Waals surface area contributed by atoms with Gasteiger partial charge >= 0.3 is 0 Å². The molecule has 1 aromatic heterocycles. The number of hydrogen-bond acceptors (Lipinski definition) is 4. The minimum Gasteiger partial charge on any atom is -0.361 e. The van der Waals surface area contributed by atoms with Crippen LogP contribution < -0.4 is 10.6 Å². The Balaban J connectivity index is 1.45. The topological polar surface area (TPSA) is 74.3 Å². The molecule has 1 aliphatic heterocycles. The van der Waals surface area contributed by atoms with Gasteiger partial charge in [0, 0.05) is 35.1 Å². The fourth-order valence-electron chi connectivity index (χ4n) is 3.74. The van der Waals surface area contributed by atoms with Gasteiger partial charge in [-0.1, -0.05) is 37.6 Å². The number of nitrogens with one attached hydrogen (secondary N) is 2. The third-order valence-corrected chi connectivity index (χ3v) is 5.42. The molecule has 2 heterocycles. The van der Waals surface area contributed by atoms with Gasteiger partial charge in [-0.3, -0.25) is 14.6 Å². The minimum absolute atomic E-state index is 0.0621. The molecule has 0 spiro atoms. The molecule has 1 aliphatic rings. The lowest BCUT2D eigenvalue weighted by molar-refractivity contribution is 0.0740. The highest BCUT2D eigenvalue weighted by Crippen LogP contribution is 2.34. The van der Waals surface area contributed by atoms with Gasteiger partial charge < -0.3 is 15.5 Å². The van der Waals surface area contributed by atoms with Crippen LogP contribution in [-0.4, -0.2) is 28.2 Å². The fourth-order valence-corrected chi connectivity index (χ4v) is 3.74. The van der Waals surface area contributed by atoms with Crippen LogP contribution in [0.2, 0.25) is 0 Å². The predicted octanol–water partition coefficient (Wildman–Crippen LogP) is 4.38. The number of hydrogen-bond donors (Lipinski definition) is 2. The summed E-state index contributed by atoms with van der Waals surface area (Å²) in [7, 11) is 0. The summed E-state index contributed by atoms with van der Waals surface area (Å²) < 4.78 is 0. The first kappa shape index (κ1) is 20.6. The SMILES string of the molecule is CCCCN1C(=O)c2ccccc2C1Nc1ccc(C(=O)NCc2ccccn2)cc1. The van der Waals surface area contributed by atoms with Gasteiger partial charge in [0.2, 0.25) is 0 Å². The molecular weight excluding hydrogens is 388 g/mol.